The predicted octanol–water partition coefficient (Wildman–Crippen LogP) is 14.2. The number of aromatic nitrogens is 2. The second-order valence-electron chi connectivity index (χ2n) is 20.6. The van der Waals surface area contributed by atoms with Gasteiger partial charge in [-0.3, -0.25) is 29.8 Å². The lowest BCUT2D eigenvalue weighted by Gasteiger charge is -2.15. The van der Waals surface area contributed by atoms with Gasteiger partial charge in [-0.2, -0.15) is 0 Å². The van der Waals surface area contributed by atoms with Crippen molar-refractivity contribution < 1.29 is 44.0 Å². The Kier molecular flexibility index (Phi) is 19.5. The molecule has 4 N–H and O–H groups in total. The number of amides is 2. The fraction of sp³-hybridized carbons (Fsp3) is 0.188. The molecule has 17 heteroatoms. The van der Waals surface area contributed by atoms with E-state index in [1.54, 1.807) is 61.5 Å². The normalized spacial score (nSPS) is 11.5. The zero-order chi connectivity index (χ0) is 61.9. The maximum atomic E-state index is 13.2. The zero-order valence-electron chi connectivity index (χ0n) is 49.0. The molecule has 2 heterocycles. The largest absolute Gasteiger partial charge is 0.478 e. The van der Waals surface area contributed by atoms with Gasteiger partial charge >= 0.3 is 11.9 Å². The van der Waals surface area contributed by atoms with Crippen LogP contribution in [0.4, 0.5) is 11.4 Å². The third-order valence-corrected chi connectivity index (χ3v) is 15.5. The first-order chi connectivity index (χ1) is 41.3. The van der Waals surface area contributed by atoms with Crippen LogP contribution in [0, 0.1) is 47.9 Å². The molecular weight excluding hydrogens is 1090 g/mol. The number of aliphatic hydroxyl groups is 1. The lowest BCUT2D eigenvalue weighted by molar-refractivity contribution is -0.385. The molecule has 2 atom stereocenters. The first kappa shape index (κ1) is 61.5. The molecule has 10 aromatic rings. The van der Waals surface area contributed by atoms with Gasteiger partial charge in [0, 0.05) is 88.8 Å². The number of fused-ring (bicyclic) bond motifs is 2. The number of hydrogen-bond donors (Lipinski definition) is 4. The van der Waals surface area contributed by atoms with E-state index in [9.17, 15) is 44.5 Å². The number of carbonyl (C=O) groups is 4. The van der Waals surface area contributed by atoms with E-state index in [4.69, 9.17) is 9.84 Å². The highest BCUT2D eigenvalue weighted by Gasteiger charge is 2.21. The number of carboxylic acid groups (broad SMARTS) is 1. The second-order valence-corrected chi connectivity index (χ2v) is 20.6. The Morgan fingerprint density at radius 2 is 0.907 bits per heavy atom. The fourth-order valence-electron chi connectivity index (χ4n) is 10.6. The molecule has 0 fully saturated rings. The minimum Gasteiger partial charge on any atom is -0.478 e. The number of nitrogens with zero attached hydrogens (tertiary/aromatic N) is 4. The Morgan fingerprint density at radius 3 is 1.30 bits per heavy atom. The van der Waals surface area contributed by atoms with Gasteiger partial charge < -0.3 is 34.7 Å². The van der Waals surface area contributed by atoms with Crippen LogP contribution < -0.4 is 10.6 Å². The molecule has 0 saturated heterocycles. The second kappa shape index (κ2) is 27.3. The molecule has 0 aliphatic carbocycles. The van der Waals surface area contributed by atoms with Crippen molar-refractivity contribution in [1.82, 2.24) is 19.8 Å². The Morgan fingerprint density at radius 1 is 0.512 bits per heavy atom. The van der Waals surface area contributed by atoms with Crippen LogP contribution in [0.2, 0.25) is 0 Å². The Labute approximate surface area is 497 Å². The van der Waals surface area contributed by atoms with Crippen LogP contribution in [-0.2, 0) is 17.8 Å². The van der Waals surface area contributed by atoms with E-state index in [0.29, 0.717) is 36.4 Å². The number of nitro benzene ring substituents is 2. The van der Waals surface area contributed by atoms with Crippen LogP contribution in [0.25, 0.3) is 44.1 Å². The van der Waals surface area contributed by atoms with E-state index < -0.39 is 15.8 Å². The molecule has 17 nitrogen and oxygen atoms in total. The quantitative estimate of drug-likeness (QED) is 0.0380. The highest BCUT2D eigenvalue weighted by molar-refractivity contribution is 6.01. The smallest absolute Gasteiger partial charge is 0.338 e. The molecule has 0 unspecified atom stereocenters. The Hall–Kier alpha value is -10.5. The van der Waals surface area contributed by atoms with Gasteiger partial charge in [-0.1, -0.05) is 97.1 Å². The van der Waals surface area contributed by atoms with Gasteiger partial charge in [-0.25, -0.2) is 9.59 Å². The van der Waals surface area contributed by atoms with Crippen LogP contribution in [0.15, 0.2) is 182 Å². The number of nitro groups is 2. The summed E-state index contributed by atoms with van der Waals surface area (Å²) in [6.45, 7) is 15.2. The number of aromatic carboxylic acids is 1. The Balaban J connectivity index is 0.000000218. The number of non-ortho nitro benzene ring substituents is 2. The number of aliphatic hydroxyl groups excluding tert-OH is 1. The molecule has 8 aromatic carbocycles. The number of carboxylic acids is 1. The minimum absolute atomic E-state index is 0.00416. The summed E-state index contributed by atoms with van der Waals surface area (Å²) in [7, 11) is 1.00. The van der Waals surface area contributed by atoms with Crippen molar-refractivity contribution in [2.45, 2.75) is 73.6 Å². The zero-order valence-corrected chi connectivity index (χ0v) is 49.0. The topological polar surface area (TPSA) is 238 Å². The van der Waals surface area contributed by atoms with Crippen molar-refractivity contribution in [2.24, 2.45) is 0 Å². The summed E-state index contributed by atoms with van der Waals surface area (Å²) >= 11 is 0. The molecule has 86 heavy (non-hydrogen) atoms. The highest BCUT2D eigenvalue weighted by Crippen LogP contribution is 2.34. The maximum Gasteiger partial charge on any atom is 0.338 e. The van der Waals surface area contributed by atoms with E-state index in [1.165, 1.54) is 24.3 Å². The average molecular weight is 1160 g/mol. The first-order valence-electron chi connectivity index (χ1n) is 27.8. The molecule has 0 aliphatic rings. The van der Waals surface area contributed by atoms with Crippen molar-refractivity contribution >= 4 is 56.9 Å². The molecule has 10 rings (SSSR count). The minimum atomic E-state index is -0.964. The number of esters is 1. The molecule has 0 radical (unpaired) electrons. The fourth-order valence-corrected chi connectivity index (χ4v) is 10.6. The van der Waals surface area contributed by atoms with Gasteiger partial charge in [0.05, 0.1) is 39.7 Å². The van der Waals surface area contributed by atoms with Crippen LogP contribution in [0.1, 0.15) is 119 Å². The SMILES string of the molecule is CCOC(=O)c1cccc(-c2ccccc2Cn2c(C)c(C)c3cc(C(=O)N[C@@H](C)c4ccc([N+](=O)[O-])cc4)ccc32)c1.CO.Cc1c(C)n(Cc2ccccc2-c2cccc(C(=O)O)c2)c2ccc(C(=O)N[C@@H](C)c3ccc([N+](=O)[O-])cc3)cc12. The van der Waals surface area contributed by atoms with Crippen molar-refractivity contribution in [1.29, 1.82) is 0 Å². The molecule has 0 saturated carbocycles. The lowest BCUT2D eigenvalue weighted by atomic mass is 9.98. The summed E-state index contributed by atoms with van der Waals surface area (Å²) in [5.41, 5.74) is 15.7. The Bertz CT molecular complexity index is 4180. The third-order valence-electron chi connectivity index (χ3n) is 15.5. The number of carbonyl (C=O) groups excluding carboxylic acids is 3. The van der Waals surface area contributed by atoms with Gasteiger partial charge in [0.2, 0.25) is 0 Å². The van der Waals surface area contributed by atoms with E-state index in [0.717, 1.165) is 95.9 Å². The molecular formula is C69H66N6O11. The van der Waals surface area contributed by atoms with Gasteiger partial charge in [0.15, 0.2) is 0 Å². The molecule has 2 aromatic heterocycles. The van der Waals surface area contributed by atoms with Crippen LogP contribution in [0.5, 0.6) is 0 Å². The highest BCUT2D eigenvalue weighted by atomic mass is 16.6. The molecule has 438 valence electrons. The first-order valence-corrected chi connectivity index (χ1v) is 27.8. The van der Waals surface area contributed by atoms with Crippen LogP contribution in [0.3, 0.4) is 0 Å². The number of hydrogen-bond acceptors (Lipinski definition) is 10. The van der Waals surface area contributed by atoms with Crippen LogP contribution in [-0.4, -0.2) is 66.7 Å². The van der Waals surface area contributed by atoms with Crippen molar-refractivity contribution in [3.05, 3.63) is 269 Å². The molecule has 0 bridgehead atoms. The summed E-state index contributed by atoms with van der Waals surface area (Å²) < 4.78 is 9.66. The van der Waals surface area contributed by atoms with Crippen molar-refractivity contribution in [3.63, 3.8) is 0 Å². The summed E-state index contributed by atoms with van der Waals surface area (Å²) in [5.74, 6) is -1.75. The monoisotopic (exact) mass is 1150 g/mol. The van der Waals surface area contributed by atoms with Crippen molar-refractivity contribution in [3.8, 4) is 22.3 Å². The van der Waals surface area contributed by atoms with Gasteiger partial charge in [-0.05, 0) is 165 Å². The lowest BCUT2D eigenvalue weighted by Crippen LogP contribution is -2.26. The van der Waals surface area contributed by atoms with E-state index in [2.05, 4.69) is 52.7 Å². The average Bonchev–Trinajstić information content (AvgIpc) is 2.03. The summed E-state index contributed by atoms with van der Waals surface area (Å²) in [6, 6.07) is 53.6. The number of benzene rings is 8. The standard InChI is InChI=1S/C35H33N3O5.C33H29N3O5.CH4O/c1-5-43-35(40)28-11-8-10-26(19-28)31-12-7-6-9-29(31)21-37-24(4)22(2)32-20-27(15-18-33(32)37)34(39)36-23(3)25-13-16-30(17-14-25)38(41)42;1-20-22(3)35(19-27-7-4-5-10-29(27)24-8-6-9-26(17-24)33(38)39)31-16-13-25(18-30(20)31)32(37)34-21(2)23-11-14-28(15-12-23)36(40)41;1-2/h6-20,23H,5,21H2,1-4H3,(H,36,39);4-18,21H,19H2,1-3H3,(H,34,37)(H,38,39);2H,1H3/t23-;21-;/m00./s1. The maximum absolute atomic E-state index is 13.2. The molecule has 0 spiro atoms. The third kappa shape index (κ3) is 13.6. The van der Waals surface area contributed by atoms with E-state index in [-0.39, 0.29) is 46.8 Å². The molecule has 0 aliphatic heterocycles. The van der Waals surface area contributed by atoms with Crippen LogP contribution >= 0.6 is 0 Å². The number of ether oxygens (including phenoxy) is 1. The number of aryl methyl sites for hydroxylation is 2. The molecule has 2 amide bonds. The van der Waals surface area contributed by atoms with E-state index in [1.807, 2.05) is 112 Å². The number of rotatable bonds is 17. The summed E-state index contributed by atoms with van der Waals surface area (Å²) in [5, 5.41) is 46.3. The van der Waals surface area contributed by atoms with Gasteiger partial charge in [0.1, 0.15) is 0 Å². The van der Waals surface area contributed by atoms with Crippen molar-refractivity contribution in [2.75, 3.05) is 13.7 Å². The van der Waals surface area contributed by atoms with E-state index >= 15 is 0 Å². The number of nitrogens with one attached hydrogen (secondary N) is 2. The predicted molar refractivity (Wildman–Crippen MR) is 334 cm³/mol. The van der Waals surface area contributed by atoms with Gasteiger partial charge in [0.25, 0.3) is 23.2 Å². The van der Waals surface area contributed by atoms with Gasteiger partial charge in [-0.15, -0.1) is 0 Å². The summed E-state index contributed by atoms with van der Waals surface area (Å²) in [6.07, 6.45) is 0. The summed E-state index contributed by atoms with van der Waals surface area (Å²) in [4.78, 5) is 71.3.